The maximum Gasteiger partial charge on any atom is 0.120 e. The first-order chi connectivity index (χ1) is 30.7. The van der Waals surface area contributed by atoms with Crippen molar-refractivity contribution < 1.29 is 31.4 Å². The summed E-state index contributed by atoms with van der Waals surface area (Å²) in [5.41, 5.74) is 11.9. The molecular formula is C55H45IrN3O-2. The molecule has 3 aromatic heterocycles. The molecule has 10 rings (SSSR count). The molecule has 60 heavy (non-hydrogen) atoms. The summed E-state index contributed by atoms with van der Waals surface area (Å²) in [6.45, 7) is 5.06. The van der Waals surface area contributed by atoms with Crippen molar-refractivity contribution in [1.29, 1.82) is 0 Å². The molecule has 10 aromatic rings. The fourth-order valence-corrected chi connectivity index (χ4v) is 7.76. The average molecular weight is 961 g/mol. The van der Waals surface area contributed by atoms with Crippen LogP contribution in [0.4, 0.5) is 0 Å². The van der Waals surface area contributed by atoms with Gasteiger partial charge in [0.25, 0.3) is 0 Å². The number of pyridine rings is 1. The SMILES string of the molecule is [2H]C([2H])([2H])c1c[c-]c(-c2nc3ccccc3n2-c2c(C([2H])(C)C)cccc2C([2H])(C)C)cc1-c1ccccc1.[Ir].[c-]1ccc2c(oc3ccccc32)c1-c1cc(-c2ccccc2)ccn1. The number of hydrogen-bond acceptors (Lipinski definition) is 3. The van der Waals surface area contributed by atoms with Crippen molar-refractivity contribution in [3.8, 4) is 50.6 Å². The van der Waals surface area contributed by atoms with Gasteiger partial charge in [-0.15, -0.1) is 47.5 Å². The number of aryl methyl sites for hydroxylation is 1. The van der Waals surface area contributed by atoms with Crippen molar-refractivity contribution in [3.05, 3.63) is 199 Å². The normalized spacial score (nSPS) is 13.0. The van der Waals surface area contributed by atoms with Gasteiger partial charge in [-0.25, -0.2) is 0 Å². The van der Waals surface area contributed by atoms with Gasteiger partial charge >= 0.3 is 0 Å². The zero-order valence-corrected chi connectivity index (χ0v) is 36.1. The van der Waals surface area contributed by atoms with E-state index in [4.69, 9.17) is 16.3 Å². The zero-order chi connectivity index (χ0) is 44.8. The van der Waals surface area contributed by atoms with Crippen molar-refractivity contribution >= 4 is 33.0 Å². The summed E-state index contributed by atoms with van der Waals surface area (Å²) in [6.07, 6.45) is 1.84. The molecule has 0 saturated heterocycles. The molecule has 0 aliphatic heterocycles. The van der Waals surface area contributed by atoms with Crippen LogP contribution in [0.15, 0.2) is 174 Å². The molecule has 7 aromatic carbocycles. The predicted octanol–water partition coefficient (Wildman–Crippen LogP) is 14.8. The van der Waals surface area contributed by atoms with Gasteiger partial charge in [-0.3, -0.25) is 4.98 Å². The molecule has 0 N–H and O–H groups in total. The van der Waals surface area contributed by atoms with Crippen LogP contribution in [0.3, 0.4) is 0 Å². The maximum absolute atomic E-state index is 8.98. The van der Waals surface area contributed by atoms with Crippen LogP contribution in [0.25, 0.3) is 83.6 Å². The third-order valence-electron chi connectivity index (χ3n) is 10.6. The molecule has 5 heteroatoms. The van der Waals surface area contributed by atoms with Gasteiger partial charge in [0.1, 0.15) is 5.58 Å². The molecule has 0 aliphatic carbocycles. The summed E-state index contributed by atoms with van der Waals surface area (Å²) in [6, 6.07) is 59.5. The molecule has 0 unspecified atom stereocenters. The third kappa shape index (κ3) is 7.75. The van der Waals surface area contributed by atoms with E-state index in [1.165, 1.54) is 5.56 Å². The number of hydrogen-bond donors (Lipinski definition) is 0. The fourth-order valence-electron chi connectivity index (χ4n) is 7.76. The van der Waals surface area contributed by atoms with Crippen LogP contribution < -0.4 is 0 Å². The van der Waals surface area contributed by atoms with Gasteiger partial charge in [0.2, 0.25) is 0 Å². The second kappa shape index (κ2) is 17.5. The molecule has 297 valence electrons. The van der Waals surface area contributed by atoms with E-state index in [9.17, 15) is 0 Å². The van der Waals surface area contributed by atoms with Crippen LogP contribution in [0.5, 0.6) is 0 Å². The summed E-state index contributed by atoms with van der Waals surface area (Å²) >= 11 is 0. The van der Waals surface area contributed by atoms with E-state index < -0.39 is 18.6 Å². The van der Waals surface area contributed by atoms with E-state index in [0.29, 0.717) is 17.0 Å². The monoisotopic (exact) mass is 961 g/mol. The number of benzene rings is 7. The van der Waals surface area contributed by atoms with E-state index in [2.05, 4.69) is 41.4 Å². The summed E-state index contributed by atoms with van der Waals surface area (Å²) in [5, 5.41) is 2.21. The number of imidazole rings is 1. The van der Waals surface area contributed by atoms with Crippen molar-refractivity contribution in [3.63, 3.8) is 0 Å². The fraction of sp³-hybridized carbons (Fsp3) is 0.127. The van der Waals surface area contributed by atoms with E-state index in [1.54, 1.807) is 6.07 Å². The molecule has 0 aliphatic rings. The predicted molar refractivity (Wildman–Crippen MR) is 245 cm³/mol. The van der Waals surface area contributed by atoms with Crippen LogP contribution in [-0.2, 0) is 20.1 Å². The second-order valence-electron chi connectivity index (χ2n) is 15.0. The molecule has 3 heterocycles. The standard InChI is InChI=1S/C32H31N2.C23H14NO.Ir/c1-21(2)26-14-11-15-27(22(3)4)31(26)34-30-17-10-9-16-29(30)33-32(34)25-19-18-23(5)28(20-25)24-12-7-6-8-13-24;1-2-7-16(8-3-1)17-13-14-24-21(15-17)20-11-6-10-19-18-9-4-5-12-22(18)25-23(19)20;/h6-18,20-22H,1-5H3;1-10,12-15H;/q2*-1;/i5D3,21D,22D;;. The summed E-state index contributed by atoms with van der Waals surface area (Å²) in [5.74, 6) is -1.33. The van der Waals surface area contributed by atoms with Crippen molar-refractivity contribution in [2.45, 2.75) is 46.3 Å². The Balaban J connectivity index is 0.000000190. The van der Waals surface area contributed by atoms with Crippen molar-refractivity contribution in [2.75, 3.05) is 0 Å². The van der Waals surface area contributed by atoms with Crippen LogP contribution in [-0.4, -0.2) is 14.5 Å². The van der Waals surface area contributed by atoms with Gasteiger partial charge in [-0.1, -0.05) is 166 Å². The Kier molecular flexibility index (Phi) is 10.0. The van der Waals surface area contributed by atoms with Crippen LogP contribution >= 0.6 is 0 Å². The first kappa shape index (κ1) is 34.5. The Morgan fingerprint density at radius 3 is 2.08 bits per heavy atom. The Bertz CT molecular complexity index is 3260. The van der Waals surface area contributed by atoms with Crippen LogP contribution in [0.2, 0.25) is 0 Å². The number of aromatic nitrogens is 3. The molecule has 0 bridgehead atoms. The topological polar surface area (TPSA) is 43.9 Å². The number of nitrogens with zero attached hydrogens (tertiary/aromatic N) is 3. The summed E-state index contributed by atoms with van der Waals surface area (Å²) in [4.78, 5) is 9.57. The van der Waals surface area contributed by atoms with E-state index in [-0.39, 0.29) is 25.7 Å². The molecule has 0 saturated carbocycles. The summed E-state index contributed by atoms with van der Waals surface area (Å²) < 4.78 is 50.5. The number of furan rings is 1. The molecule has 1 radical (unpaired) electrons. The maximum atomic E-state index is 8.98. The Hall–Kier alpha value is -6.39. The Morgan fingerprint density at radius 1 is 0.667 bits per heavy atom. The first-order valence-corrected chi connectivity index (χ1v) is 19.7. The molecule has 0 amide bonds. The molecule has 0 spiro atoms. The summed E-state index contributed by atoms with van der Waals surface area (Å²) in [7, 11) is 0. The third-order valence-corrected chi connectivity index (χ3v) is 10.6. The largest absolute Gasteiger partial charge is 0.501 e. The minimum atomic E-state index is -2.31. The number of fused-ring (bicyclic) bond motifs is 4. The van der Waals surface area contributed by atoms with Gasteiger partial charge in [-0.05, 0) is 69.6 Å². The molecular weight excluding hydrogens is 911 g/mol. The van der Waals surface area contributed by atoms with E-state index >= 15 is 0 Å². The molecule has 0 atom stereocenters. The van der Waals surface area contributed by atoms with Crippen LogP contribution in [0.1, 0.15) is 63.0 Å². The minimum Gasteiger partial charge on any atom is -0.501 e. The van der Waals surface area contributed by atoms with Gasteiger partial charge < -0.3 is 14.0 Å². The molecule has 0 fully saturated rings. The van der Waals surface area contributed by atoms with Gasteiger partial charge in [0.05, 0.1) is 22.4 Å². The second-order valence-corrected chi connectivity index (χ2v) is 15.0. The number of rotatable bonds is 7. The Labute approximate surface area is 373 Å². The Morgan fingerprint density at radius 2 is 1.35 bits per heavy atom. The average Bonchev–Trinajstić information content (AvgIpc) is 3.88. The van der Waals surface area contributed by atoms with Gasteiger partial charge in [0, 0.05) is 44.2 Å². The zero-order valence-electron chi connectivity index (χ0n) is 38.7. The van der Waals surface area contributed by atoms with Crippen molar-refractivity contribution in [2.24, 2.45) is 0 Å². The van der Waals surface area contributed by atoms with Crippen molar-refractivity contribution in [1.82, 2.24) is 14.5 Å². The first-order valence-electron chi connectivity index (χ1n) is 22.2. The van der Waals surface area contributed by atoms with Gasteiger partial charge in [-0.2, -0.15) is 0 Å². The van der Waals surface area contributed by atoms with Gasteiger partial charge in [0.15, 0.2) is 0 Å². The quantitative estimate of drug-likeness (QED) is 0.150. The van der Waals surface area contributed by atoms with E-state index in [0.717, 1.165) is 72.2 Å². The molecule has 4 nitrogen and oxygen atoms in total. The van der Waals surface area contributed by atoms with Crippen LogP contribution in [0, 0.1) is 19.0 Å². The number of para-hydroxylation sites is 4. The smallest absolute Gasteiger partial charge is 0.120 e. The van der Waals surface area contributed by atoms with E-state index in [1.807, 2.05) is 172 Å². The minimum absolute atomic E-state index is 0.